The zero-order chi connectivity index (χ0) is 18.6. The molecule has 0 bridgehead atoms. The number of carbonyl (C=O) groups is 2. The summed E-state index contributed by atoms with van der Waals surface area (Å²) in [5, 5.41) is 0. The van der Waals surface area contributed by atoms with Gasteiger partial charge >= 0.3 is 0 Å². The summed E-state index contributed by atoms with van der Waals surface area (Å²) in [4.78, 5) is 28.8. The molecule has 1 aliphatic carbocycles. The summed E-state index contributed by atoms with van der Waals surface area (Å²) in [5.41, 5.74) is 6.74. The number of ether oxygens (including phenoxy) is 1. The smallest absolute Gasteiger partial charge is 0.242 e. The van der Waals surface area contributed by atoms with E-state index in [-0.39, 0.29) is 24.2 Å². The Hall–Kier alpha value is -1.79. The van der Waals surface area contributed by atoms with Crippen molar-refractivity contribution in [2.24, 2.45) is 5.73 Å². The van der Waals surface area contributed by atoms with E-state index in [1.165, 1.54) is 0 Å². The first kappa shape index (κ1) is 21.5. The Bertz CT molecular complexity index is 636. The maximum atomic E-state index is 12.6. The van der Waals surface area contributed by atoms with Gasteiger partial charge in [0, 0.05) is 32.6 Å². The highest BCUT2D eigenvalue weighted by atomic mass is 35.5. The summed E-state index contributed by atoms with van der Waals surface area (Å²) in [5.74, 6) is 1.04. The van der Waals surface area contributed by atoms with Crippen LogP contribution in [0.2, 0.25) is 0 Å². The fourth-order valence-electron chi connectivity index (χ4n) is 3.90. The summed E-state index contributed by atoms with van der Waals surface area (Å²) in [6, 6.07) is 7.81. The van der Waals surface area contributed by atoms with Crippen molar-refractivity contribution >= 4 is 24.2 Å². The van der Waals surface area contributed by atoms with Crippen LogP contribution in [-0.4, -0.2) is 60.4 Å². The molecule has 1 aromatic rings. The molecule has 0 aromatic heterocycles. The molecule has 7 heteroatoms. The minimum absolute atomic E-state index is 0. The summed E-state index contributed by atoms with van der Waals surface area (Å²) in [6.45, 7) is 2.38. The lowest BCUT2D eigenvalue weighted by atomic mass is 9.97. The molecule has 0 spiro atoms. The highest BCUT2D eigenvalue weighted by Gasteiger charge is 2.40. The first-order chi connectivity index (χ1) is 12.5. The van der Waals surface area contributed by atoms with E-state index in [1.54, 1.807) is 7.11 Å². The second kappa shape index (κ2) is 9.42. The fourth-order valence-corrected chi connectivity index (χ4v) is 3.90. The quantitative estimate of drug-likeness (QED) is 0.827. The van der Waals surface area contributed by atoms with E-state index in [0.717, 1.165) is 37.0 Å². The van der Waals surface area contributed by atoms with Crippen molar-refractivity contribution in [3.63, 3.8) is 0 Å². The zero-order valence-corrected chi connectivity index (χ0v) is 16.8. The number of methoxy groups -OCH3 is 1. The third kappa shape index (κ3) is 5.14. The summed E-state index contributed by atoms with van der Waals surface area (Å²) in [7, 11) is 1.64. The number of halogens is 1. The number of benzene rings is 1. The summed E-state index contributed by atoms with van der Waals surface area (Å²) >= 11 is 0. The zero-order valence-electron chi connectivity index (χ0n) is 16.0. The molecule has 1 saturated carbocycles. The fraction of sp³-hybridized carbons (Fsp3) is 0.600. The number of nitrogens with zero attached hydrogens (tertiary/aromatic N) is 2. The molecule has 1 saturated heterocycles. The molecule has 27 heavy (non-hydrogen) atoms. The lowest BCUT2D eigenvalue weighted by Crippen LogP contribution is -2.59. The van der Waals surface area contributed by atoms with Crippen molar-refractivity contribution in [2.45, 2.75) is 44.1 Å². The van der Waals surface area contributed by atoms with Crippen LogP contribution in [0.15, 0.2) is 24.3 Å². The summed E-state index contributed by atoms with van der Waals surface area (Å²) in [6.07, 6.45) is 4.84. The van der Waals surface area contributed by atoms with Gasteiger partial charge in [0.1, 0.15) is 5.75 Å². The third-order valence-corrected chi connectivity index (χ3v) is 5.63. The Morgan fingerprint density at radius 3 is 2.15 bits per heavy atom. The average molecular weight is 396 g/mol. The molecule has 2 amide bonds. The van der Waals surface area contributed by atoms with E-state index in [9.17, 15) is 9.59 Å². The monoisotopic (exact) mass is 395 g/mol. The van der Waals surface area contributed by atoms with Crippen molar-refractivity contribution in [3.8, 4) is 5.75 Å². The molecule has 1 aromatic carbocycles. The van der Waals surface area contributed by atoms with Crippen molar-refractivity contribution in [1.82, 2.24) is 9.80 Å². The molecule has 2 N–H and O–H groups in total. The van der Waals surface area contributed by atoms with E-state index < -0.39 is 5.54 Å². The molecule has 0 unspecified atom stereocenters. The minimum Gasteiger partial charge on any atom is -0.497 e. The number of piperazine rings is 1. The van der Waals surface area contributed by atoms with Crippen LogP contribution in [0.5, 0.6) is 5.75 Å². The largest absolute Gasteiger partial charge is 0.497 e. The highest BCUT2D eigenvalue weighted by Crippen LogP contribution is 2.29. The molecule has 150 valence electrons. The Morgan fingerprint density at radius 1 is 1.04 bits per heavy atom. The lowest BCUT2D eigenvalue weighted by molar-refractivity contribution is -0.143. The maximum absolute atomic E-state index is 12.6. The van der Waals surface area contributed by atoms with Crippen LogP contribution in [0.3, 0.4) is 0 Å². The second-order valence-electron chi connectivity index (χ2n) is 7.38. The molecule has 0 atom stereocenters. The van der Waals surface area contributed by atoms with Gasteiger partial charge in [-0.05, 0) is 37.0 Å². The highest BCUT2D eigenvalue weighted by molar-refractivity contribution is 5.87. The predicted octanol–water partition coefficient (Wildman–Crippen LogP) is 1.99. The topological polar surface area (TPSA) is 75.9 Å². The number of hydrogen-bond donors (Lipinski definition) is 1. The molecule has 6 nitrogen and oxygen atoms in total. The Morgan fingerprint density at radius 2 is 1.59 bits per heavy atom. The Labute approximate surface area is 167 Å². The normalized spacial score (nSPS) is 18.7. The van der Waals surface area contributed by atoms with Gasteiger partial charge in [-0.3, -0.25) is 9.59 Å². The first-order valence-electron chi connectivity index (χ1n) is 9.51. The number of aryl methyl sites for hydroxylation is 1. The van der Waals surface area contributed by atoms with Crippen LogP contribution in [0.1, 0.15) is 37.7 Å². The van der Waals surface area contributed by atoms with Crippen molar-refractivity contribution in [1.29, 1.82) is 0 Å². The molecule has 0 radical (unpaired) electrons. The van der Waals surface area contributed by atoms with E-state index in [0.29, 0.717) is 39.0 Å². The average Bonchev–Trinajstić information content (AvgIpc) is 3.14. The van der Waals surface area contributed by atoms with Gasteiger partial charge in [-0.15, -0.1) is 12.4 Å². The van der Waals surface area contributed by atoms with E-state index in [4.69, 9.17) is 10.5 Å². The van der Waals surface area contributed by atoms with Crippen molar-refractivity contribution < 1.29 is 14.3 Å². The Kier molecular flexibility index (Phi) is 7.50. The SMILES string of the molecule is COc1ccc(CCC(=O)N2CCN(C(=O)C3(N)CCCC3)CC2)cc1.Cl. The second-order valence-corrected chi connectivity index (χ2v) is 7.38. The number of nitrogens with two attached hydrogens (primary N) is 1. The van der Waals surface area contributed by atoms with Crippen LogP contribution in [0.4, 0.5) is 0 Å². The van der Waals surface area contributed by atoms with Crippen molar-refractivity contribution in [3.05, 3.63) is 29.8 Å². The molecular weight excluding hydrogens is 366 g/mol. The van der Waals surface area contributed by atoms with Crippen LogP contribution in [0.25, 0.3) is 0 Å². The van der Waals surface area contributed by atoms with E-state index in [2.05, 4.69) is 0 Å². The number of rotatable bonds is 5. The van der Waals surface area contributed by atoms with E-state index >= 15 is 0 Å². The summed E-state index contributed by atoms with van der Waals surface area (Å²) < 4.78 is 5.15. The maximum Gasteiger partial charge on any atom is 0.242 e. The van der Waals surface area contributed by atoms with Crippen LogP contribution in [0, 0.1) is 0 Å². The van der Waals surface area contributed by atoms with E-state index in [1.807, 2.05) is 34.1 Å². The molecule has 2 aliphatic rings. The van der Waals surface area contributed by atoms with Gasteiger partial charge in [0.25, 0.3) is 0 Å². The van der Waals surface area contributed by atoms with Gasteiger partial charge in [-0.25, -0.2) is 0 Å². The molecule has 1 aliphatic heterocycles. The van der Waals surface area contributed by atoms with Gasteiger partial charge in [0.15, 0.2) is 0 Å². The van der Waals surface area contributed by atoms with Gasteiger partial charge < -0.3 is 20.3 Å². The van der Waals surface area contributed by atoms with Crippen LogP contribution >= 0.6 is 12.4 Å². The van der Waals surface area contributed by atoms with Gasteiger partial charge in [0.2, 0.25) is 11.8 Å². The predicted molar refractivity (Wildman–Crippen MR) is 107 cm³/mol. The standard InChI is InChI=1S/C20H29N3O3.ClH/c1-26-17-7-4-16(5-8-17)6-9-18(24)22-12-14-23(15-13-22)19(25)20(21)10-2-3-11-20;/h4-5,7-8H,2-3,6,9-15,21H2,1H3;1H. The lowest BCUT2D eigenvalue weighted by Gasteiger charge is -2.38. The molecule has 3 rings (SSSR count). The number of amides is 2. The molecule has 1 heterocycles. The third-order valence-electron chi connectivity index (χ3n) is 5.63. The molecule has 2 fully saturated rings. The number of hydrogen-bond acceptors (Lipinski definition) is 4. The number of carbonyl (C=O) groups excluding carboxylic acids is 2. The van der Waals surface area contributed by atoms with Crippen molar-refractivity contribution in [2.75, 3.05) is 33.3 Å². The van der Waals surface area contributed by atoms with Gasteiger partial charge in [0.05, 0.1) is 12.6 Å². The van der Waals surface area contributed by atoms with Gasteiger partial charge in [-0.1, -0.05) is 25.0 Å². The Balaban J connectivity index is 0.00000261. The minimum atomic E-state index is -0.666. The van der Waals surface area contributed by atoms with Gasteiger partial charge in [-0.2, -0.15) is 0 Å². The van der Waals surface area contributed by atoms with Crippen LogP contribution < -0.4 is 10.5 Å². The van der Waals surface area contributed by atoms with Crippen LogP contribution in [-0.2, 0) is 16.0 Å². The first-order valence-corrected chi connectivity index (χ1v) is 9.51. The molecular formula is C20H30ClN3O3.